The summed E-state index contributed by atoms with van der Waals surface area (Å²) in [5.74, 6) is 1.52. The Hall–Kier alpha value is -2.69. The maximum atomic E-state index is 12.4. The summed E-state index contributed by atoms with van der Waals surface area (Å²) in [5.41, 5.74) is 1.11. The fraction of sp³-hybridized carbons (Fsp3) is 0.188. The quantitative estimate of drug-likeness (QED) is 0.942. The van der Waals surface area contributed by atoms with Crippen molar-refractivity contribution in [3.05, 3.63) is 48.0 Å². The van der Waals surface area contributed by atoms with Crippen molar-refractivity contribution in [2.45, 2.75) is 0 Å². The van der Waals surface area contributed by atoms with Crippen LogP contribution in [-0.4, -0.2) is 26.2 Å². The van der Waals surface area contributed by atoms with E-state index in [1.165, 1.54) is 0 Å². The Kier molecular flexibility index (Phi) is 3.64. The summed E-state index contributed by atoms with van der Waals surface area (Å²) in [5, 5.41) is 2.83. The van der Waals surface area contributed by atoms with E-state index in [1.54, 1.807) is 37.4 Å². The van der Waals surface area contributed by atoms with E-state index in [0.29, 0.717) is 41.7 Å². The maximum absolute atomic E-state index is 12.4. The van der Waals surface area contributed by atoms with Gasteiger partial charge in [0.2, 0.25) is 0 Å². The van der Waals surface area contributed by atoms with Gasteiger partial charge in [-0.25, -0.2) is 0 Å². The van der Waals surface area contributed by atoms with Crippen molar-refractivity contribution >= 4 is 11.6 Å². The van der Waals surface area contributed by atoms with Crippen molar-refractivity contribution in [1.82, 2.24) is 0 Å². The molecule has 2 aromatic carbocycles. The number of para-hydroxylation sites is 1. The average molecular weight is 285 g/mol. The SMILES string of the molecule is COc1cccc(NC(=O)c2cccc3c2OCCO3)c1. The molecule has 0 saturated heterocycles. The lowest BCUT2D eigenvalue weighted by Crippen LogP contribution is -2.20. The second kappa shape index (κ2) is 5.75. The number of hydrogen-bond donors (Lipinski definition) is 1. The van der Waals surface area contributed by atoms with Crippen LogP contribution in [0.1, 0.15) is 10.4 Å². The van der Waals surface area contributed by atoms with Gasteiger partial charge in [-0.1, -0.05) is 12.1 Å². The third-order valence-corrected chi connectivity index (χ3v) is 3.14. The first-order valence-corrected chi connectivity index (χ1v) is 6.62. The molecule has 108 valence electrons. The van der Waals surface area contributed by atoms with Gasteiger partial charge in [-0.15, -0.1) is 0 Å². The zero-order chi connectivity index (χ0) is 14.7. The monoisotopic (exact) mass is 285 g/mol. The van der Waals surface area contributed by atoms with Gasteiger partial charge in [0.15, 0.2) is 11.5 Å². The molecular weight excluding hydrogens is 270 g/mol. The van der Waals surface area contributed by atoms with E-state index >= 15 is 0 Å². The van der Waals surface area contributed by atoms with Crippen LogP contribution in [0.25, 0.3) is 0 Å². The molecule has 0 spiro atoms. The second-order valence-corrected chi connectivity index (χ2v) is 4.52. The lowest BCUT2D eigenvalue weighted by atomic mass is 10.1. The third kappa shape index (κ3) is 2.76. The smallest absolute Gasteiger partial charge is 0.259 e. The van der Waals surface area contributed by atoms with Crippen LogP contribution in [0.15, 0.2) is 42.5 Å². The summed E-state index contributed by atoms with van der Waals surface area (Å²) in [7, 11) is 1.58. The van der Waals surface area contributed by atoms with E-state index in [2.05, 4.69) is 5.32 Å². The topological polar surface area (TPSA) is 56.8 Å². The van der Waals surface area contributed by atoms with Crippen molar-refractivity contribution in [3.8, 4) is 17.2 Å². The molecule has 0 bridgehead atoms. The number of benzene rings is 2. The molecule has 0 atom stereocenters. The molecule has 0 unspecified atom stereocenters. The average Bonchev–Trinajstić information content (AvgIpc) is 2.54. The predicted octanol–water partition coefficient (Wildman–Crippen LogP) is 2.72. The van der Waals surface area contributed by atoms with Gasteiger partial charge in [0.1, 0.15) is 19.0 Å². The normalized spacial score (nSPS) is 12.6. The van der Waals surface area contributed by atoms with Gasteiger partial charge in [0.25, 0.3) is 5.91 Å². The van der Waals surface area contributed by atoms with Gasteiger partial charge in [0, 0.05) is 11.8 Å². The molecule has 5 nitrogen and oxygen atoms in total. The Balaban J connectivity index is 1.85. The summed E-state index contributed by atoms with van der Waals surface area (Å²) in [6.07, 6.45) is 0. The van der Waals surface area contributed by atoms with Gasteiger partial charge >= 0.3 is 0 Å². The van der Waals surface area contributed by atoms with Crippen LogP contribution < -0.4 is 19.5 Å². The Morgan fingerprint density at radius 3 is 2.81 bits per heavy atom. The molecule has 21 heavy (non-hydrogen) atoms. The first-order valence-electron chi connectivity index (χ1n) is 6.62. The van der Waals surface area contributed by atoms with Crippen molar-refractivity contribution < 1.29 is 19.0 Å². The molecule has 5 heteroatoms. The number of amides is 1. The van der Waals surface area contributed by atoms with Crippen molar-refractivity contribution in [1.29, 1.82) is 0 Å². The molecule has 1 N–H and O–H groups in total. The number of methoxy groups -OCH3 is 1. The van der Waals surface area contributed by atoms with E-state index in [1.807, 2.05) is 12.1 Å². The maximum Gasteiger partial charge on any atom is 0.259 e. The molecule has 0 fully saturated rings. The number of nitrogens with one attached hydrogen (secondary N) is 1. The minimum atomic E-state index is -0.245. The summed E-state index contributed by atoms with van der Waals surface area (Å²) in [4.78, 5) is 12.4. The molecule has 1 heterocycles. The second-order valence-electron chi connectivity index (χ2n) is 4.52. The van der Waals surface area contributed by atoms with Gasteiger partial charge in [-0.05, 0) is 24.3 Å². The van der Waals surface area contributed by atoms with Crippen molar-refractivity contribution in [2.75, 3.05) is 25.6 Å². The molecular formula is C16H15NO4. The lowest BCUT2D eigenvalue weighted by molar-refractivity contribution is 0.101. The molecule has 0 aliphatic carbocycles. The van der Waals surface area contributed by atoms with E-state index in [0.717, 1.165) is 0 Å². The lowest BCUT2D eigenvalue weighted by Gasteiger charge is -2.20. The zero-order valence-corrected chi connectivity index (χ0v) is 11.6. The molecule has 1 aliphatic heterocycles. The number of fused-ring (bicyclic) bond motifs is 1. The zero-order valence-electron chi connectivity index (χ0n) is 11.6. The van der Waals surface area contributed by atoms with E-state index in [4.69, 9.17) is 14.2 Å². The molecule has 1 aliphatic rings. The minimum absolute atomic E-state index is 0.245. The third-order valence-electron chi connectivity index (χ3n) is 3.14. The van der Waals surface area contributed by atoms with Crippen LogP contribution in [0.4, 0.5) is 5.69 Å². The Bertz CT molecular complexity index is 669. The van der Waals surface area contributed by atoms with Crippen molar-refractivity contribution in [2.24, 2.45) is 0 Å². The number of carbonyl (C=O) groups excluding carboxylic acids is 1. The van der Waals surface area contributed by atoms with Crippen LogP contribution in [0.5, 0.6) is 17.2 Å². The Labute approximate surface area is 122 Å². The highest BCUT2D eigenvalue weighted by Gasteiger charge is 2.20. The van der Waals surface area contributed by atoms with Gasteiger partial charge in [-0.3, -0.25) is 4.79 Å². The van der Waals surface area contributed by atoms with Gasteiger partial charge in [-0.2, -0.15) is 0 Å². The van der Waals surface area contributed by atoms with Crippen LogP contribution in [0.2, 0.25) is 0 Å². The standard InChI is InChI=1S/C16H15NO4/c1-19-12-5-2-4-11(10-12)17-16(18)13-6-3-7-14-15(13)21-9-8-20-14/h2-7,10H,8-9H2,1H3,(H,17,18). The van der Waals surface area contributed by atoms with Crippen molar-refractivity contribution in [3.63, 3.8) is 0 Å². The molecule has 3 rings (SSSR count). The highest BCUT2D eigenvalue weighted by atomic mass is 16.6. The number of ether oxygens (including phenoxy) is 3. The fourth-order valence-corrected chi connectivity index (χ4v) is 2.15. The van der Waals surface area contributed by atoms with Gasteiger partial charge < -0.3 is 19.5 Å². The Morgan fingerprint density at radius 1 is 1.14 bits per heavy atom. The summed E-state index contributed by atoms with van der Waals surface area (Å²) in [6, 6.07) is 12.5. The van der Waals surface area contributed by atoms with Crippen LogP contribution in [-0.2, 0) is 0 Å². The highest BCUT2D eigenvalue weighted by Crippen LogP contribution is 2.34. The van der Waals surface area contributed by atoms with E-state index in [9.17, 15) is 4.79 Å². The first-order chi connectivity index (χ1) is 10.3. The summed E-state index contributed by atoms with van der Waals surface area (Å²) < 4.78 is 16.2. The van der Waals surface area contributed by atoms with Crippen LogP contribution in [0.3, 0.4) is 0 Å². The van der Waals surface area contributed by atoms with E-state index < -0.39 is 0 Å². The number of carbonyl (C=O) groups is 1. The minimum Gasteiger partial charge on any atom is -0.497 e. The number of rotatable bonds is 3. The molecule has 0 saturated carbocycles. The summed E-state index contributed by atoms with van der Waals surface area (Å²) >= 11 is 0. The fourth-order valence-electron chi connectivity index (χ4n) is 2.15. The Morgan fingerprint density at radius 2 is 1.95 bits per heavy atom. The largest absolute Gasteiger partial charge is 0.497 e. The van der Waals surface area contributed by atoms with Crippen LogP contribution in [0, 0.1) is 0 Å². The van der Waals surface area contributed by atoms with Crippen LogP contribution >= 0.6 is 0 Å². The van der Waals surface area contributed by atoms with Gasteiger partial charge in [0.05, 0.1) is 12.7 Å². The summed E-state index contributed by atoms with van der Waals surface area (Å²) in [6.45, 7) is 0.935. The number of anilines is 1. The predicted molar refractivity (Wildman–Crippen MR) is 78.4 cm³/mol. The molecule has 0 aromatic heterocycles. The highest BCUT2D eigenvalue weighted by molar-refractivity contribution is 6.06. The van der Waals surface area contributed by atoms with E-state index in [-0.39, 0.29) is 5.91 Å². The number of hydrogen-bond acceptors (Lipinski definition) is 4. The molecule has 2 aromatic rings. The first kappa shape index (κ1) is 13.3. The molecule has 1 amide bonds. The molecule has 0 radical (unpaired) electrons.